The van der Waals surface area contributed by atoms with E-state index in [2.05, 4.69) is 14.7 Å². The first-order chi connectivity index (χ1) is 15.5. The summed E-state index contributed by atoms with van der Waals surface area (Å²) in [5.74, 6) is 1.80. The molecule has 9 heteroatoms. The number of hydrogen-bond acceptors (Lipinski definition) is 7. The molecule has 0 unspecified atom stereocenters. The summed E-state index contributed by atoms with van der Waals surface area (Å²) in [5.41, 5.74) is 5.28. The first kappa shape index (κ1) is 19.2. The van der Waals surface area contributed by atoms with Gasteiger partial charge in [-0.2, -0.15) is 10.1 Å². The molecule has 0 atom stereocenters. The number of ether oxygens (including phenoxy) is 2. The van der Waals surface area contributed by atoms with Gasteiger partial charge in [0.25, 0.3) is 5.89 Å². The fourth-order valence-electron chi connectivity index (χ4n) is 4.50. The highest BCUT2D eigenvalue weighted by Crippen LogP contribution is 2.49. The van der Waals surface area contributed by atoms with Gasteiger partial charge in [0, 0.05) is 30.8 Å². The van der Waals surface area contributed by atoms with Gasteiger partial charge in [0.2, 0.25) is 5.82 Å². The number of rotatable bonds is 5. The van der Waals surface area contributed by atoms with Crippen molar-refractivity contribution in [1.82, 2.24) is 29.5 Å². The topological polar surface area (TPSA) is 93.0 Å². The molecule has 4 aromatic rings. The molecule has 32 heavy (non-hydrogen) atoms. The van der Waals surface area contributed by atoms with Crippen molar-refractivity contribution in [1.29, 1.82) is 0 Å². The summed E-state index contributed by atoms with van der Waals surface area (Å²) in [5, 5.41) is 9.00. The lowest BCUT2D eigenvalue weighted by atomic mass is 10.0. The van der Waals surface area contributed by atoms with Crippen LogP contribution < -0.4 is 4.74 Å². The summed E-state index contributed by atoms with van der Waals surface area (Å²) in [4.78, 5) is 9.39. The van der Waals surface area contributed by atoms with E-state index in [4.69, 9.17) is 24.1 Å². The molecule has 164 valence electrons. The standard InChI is InChI=1S/C23H24N6O3/c1-13(2)31-23(7-8-23)22-25-21(27-32-22)20-18-9-14-11-28(3)26-19(14)16-10-15(30-4)5-6-17(16)29(18)12-24-20/h5-6,10-13H,7-9H2,1-4H3. The molecule has 1 saturated carbocycles. The highest BCUT2D eigenvalue weighted by atomic mass is 16.5. The van der Waals surface area contributed by atoms with Gasteiger partial charge in [-0.05, 0) is 44.9 Å². The van der Waals surface area contributed by atoms with Crippen LogP contribution in [0.15, 0.2) is 35.2 Å². The van der Waals surface area contributed by atoms with Gasteiger partial charge < -0.3 is 18.6 Å². The molecule has 0 bridgehead atoms. The first-order valence-corrected chi connectivity index (χ1v) is 10.8. The quantitative estimate of drug-likeness (QED) is 0.418. The van der Waals surface area contributed by atoms with Gasteiger partial charge in [-0.25, -0.2) is 4.98 Å². The van der Waals surface area contributed by atoms with Crippen LogP contribution >= 0.6 is 0 Å². The van der Waals surface area contributed by atoms with Crippen LogP contribution in [0.2, 0.25) is 0 Å². The van der Waals surface area contributed by atoms with E-state index in [0.717, 1.165) is 46.8 Å². The number of fused-ring (bicyclic) bond motifs is 5. The van der Waals surface area contributed by atoms with Gasteiger partial charge in [0.15, 0.2) is 0 Å². The lowest BCUT2D eigenvalue weighted by Gasteiger charge is -2.14. The van der Waals surface area contributed by atoms with Crippen LogP contribution in [0.5, 0.6) is 5.75 Å². The Morgan fingerprint density at radius 1 is 1.19 bits per heavy atom. The van der Waals surface area contributed by atoms with E-state index in [0.29, 0.717) is 23.8 Å². The number of methoxy groups -OCH3 is 1. The van der Waals surface area contributed by atoms with Crippen molar-refractivity contribution in [2.75, 3.05) is 7.11 Å². The highest BCUT2D eigenvalue weighted by Gasteiger charge is 2.52. The van der Waals surface area contributed by atoms with Gasteiger partial charge in [0.1, 0.15) is 23.4 Å². The zero-order valence-electron chi connectivity index (χ0n) is 18.5. The van der Waals surface area contributed by atoms with Crippen LogP contribution in [0.4, 0.5) is 0 Å². The fraction of sp³-hybridized carbons (Fsp3) is 0.391. The Bertz CT molecular complexity index is 1330. The molecule has 0 amide bonds. The number of aromatic nitrogens is 6. The van der Waals surface area contributed by atoms with E-state index >= 15 is 0 Å². The Hall–Kier alpha value is -3.46. The molecule has 2 aliphatic rings. The maximum absolute atomic E-state index is 6.07. The zero-order chi connectivity index (χ0) is 22.0. The molecule has 0 saturated heterocycles. The average Bonchev–Trinajstić information content (AvgIpc) is 3.12. The summed E-state index contributed by atoms with van der Waals surface area (Å²) >= 11 is 0. The van der Waals surface area contributed by atoms with Crippen molar-refractivity contribution < 1.29 is 14.0 Å². The van der Waals surface area contributed by atoms with Crippen LogP contribution in [-0.4, -0.2) is 42.7 Å². The van der Waals surface area contributed by atoms with E-state index < -0.39 is 5.60 Å². The first-order valence-electron chi connectivity index (χ1n) is 10.8. The molecule has 0 radical (unpaired) electrons. The highest BCUT2D eigenvalue weighted by molar-refractivity contribution is 5.77. The van der Waals surface area contributed by atoms with Crippen molar-refractivity contribution in [2.24, 2.45) is 7.05 Å². The Balaban J connectivity index is 1.47. The Morgan fingerprint density at radius 2 is 2.03 bits per heavy atom. The van der Waals surface area contributed by atoms with Crippen LogP contribution in [0.1, 0.15) is 43.8 Å². The minimum atomic E-state index is -0.449. The monoisotopic (exact) mass is 432 g/mol. The van der Waals surface area contributed by atoms with Crippen LogP contribution in [0, 0.1) is 0 Å². The third-order valence-corrected chi connectivity index (χ3v) is 6.04. The second kappa shape index (κ2) is 6.77. The third-order valence-electron chi connectivity index (χ3n) is 6.04. The smallest absolute Gasteiger partial charge is 0.259 e. The summed E-state index contributed by atoms with van der Waals surface area (Å²) in [7, 11) is 3.60. The predicted molar refractivity (Wildman–Crippen MR) is 116 cm³/mol. The summed E-state index contributed by atoms with van der Waals surface area (Å²) in [6, 6.07) is 6.00. The van der Waals surface area contributed by atoms with Gasteiger partial charge in [0.05, 0.1) is 30.3 Å². The molecule has 1 aliphatic heterocycles. The van der Waals surface area contributed by atoms with E-state index in [-0.39, 0.29) is 6.10 Å². The molecule has 1 aromatic carbocycles. The van der Waals surface area contributed by atoms with Crippen molar-refractivity contribution in [3.05, 3.63) is 47.9 Å². The Morgan fingerprint density at radius 3 is 2.78 bits per heavy atom. The van der Waals surface area contributed by atoms with Crippen molar-refractivity contribution in [3.63, 3.8) is 0 Å². The second-order valence-corrected chi connectivity index (χ2v) is 8.73. The largest absolute Gasteiger partial charge is 0.497 e. The number of hydrogen-bond donors (Lipinski definition) is 0. The SMILES string of the molecule is COc1ccc2c(c1)-c1nn(C)cc1Cc1c(-c3noc(C4(OC(C)C)CC4)n3)ncn1-2. The molecule has 0 N–H and O–H groups in total. The lowest BCUT2D eigenvalue weighted by Crippen LogP contribution is -2.17. The van der Waals surface area contributed by atoms with Crippen molar-refractivity contribution >= 4 is 0 Å². The number of nitrogens with zero attached hydrogens (tertiary/aromatic N) is 6. The molecule has 6 rings (SSSR count). The van der Waals surface area contributed by atoms with E-state index in [9.17, 15) is 0 Å². The molecule has 1 aliphatic carbocycles. The van der Waals surface area contributed by atoms with Gasteiger partial charge in [-0.15, -0.1) is 0 Å². The maximum Gasteiger partial charge on any atom is 0.259 e. The normalized spacial score (nSPS) is 15.8. The van der Waals surface area contributed by atoms with Crippen molar-refractivity contribution in [2.45, 2.75) is 44.8 Å². The summed E-state index contributed by atoms with van der Waals surface area (Å²) in [6.45, 7) is 4.04. The lowest BCUT2D eigenvalue weighted by molar-refractivity contribution is -0.0326. The number of aryl methyl sites for hydroxylation is 1. The minimum absolute atomic E-state index is 0.0919. The van der Waals surface area contributed by atoms with E-state index in [1.54, 1.807) is 7.11 Å². The van der Waals surface area contributed by atoms with Crippen molar-refractivity contribution in [3.8, 4) is 34.2 Å². The predicted octanol–water partition coefficient (Wildman–Crippen LogP) is 3.65. The third kappa shape index (κ3) is 2.88. The minimum Gasteiger partial charge on any atom is -0.497 e. The average molecular weight is 432 g/mol. The Labute approximate surface area is 185 Å². The van der Waals surface area contributed by atoms with E-state index in [1.807, 2.05) is 56.3 Å². The molecule has 1 fully saturated rings. The van der Waals surface area contributed by atoms with Crippen LogP contribution in [0.25, 0.3) is 28.5 Å². The summed E-state index contributed by atoms with van der Waals surface area (Å²) in [6.07, 6.45) is 6.38. The number of benzene rings is 1. The number of imidazole rings is 1. The second-order valence-electron chi connectivity index (χ2n) is 8.73. The molecular weight excluding hydrogens is 408 g/mol. The Kier molecular flexibility index (Phi) is 4.07. The summed E-state index contributed by atoms with van der Waals surface area (Å²) < 4.78 is 21.1. The van der Waals surface area contributed by atoms with E-state index in [1.165, 1.54) is 0 Å². The van der Waals surface area contributed by atoms with Gasteiger partial charge in [-0.1, -0.05) is 5.16 Å². The molecular formula is C23H24N6O3. The van der Waals surface area contributed by atoms with Gasteiger partial charge >= 0.3 is 0 Å². The van der Waals surface area contributed by atoms with Crippen LogP contribution in [0.3, 0.4) is 0 Å². The maximum atomic E-state index is 6.07. The molecule has 3 aromatic heterocycles. The molecule has 0 spiro atoms. The fourth-order valence-corrected chi connectivity index (χ4v) is 4.50. The van der Waals surface area contributed by atoms with Gasteiger partial charge in [-0.3, -0.25) is 4.68 Å². The van der Waals surface area contributed by atoms with Crippen LogP contribution in [-0.2, 0) is 23.8 Å². The molecule has 9 nitrogen and oxygen atoms in total. The zero-order valence-corrected chi connectivity index (χ0v) is 18.5. The molecule has 4 heterocycles.